The summed E-state index contributed by atoms with van der Waals surface area (Å²) in [6.07, 6.45) is 3.50. The summed E-state index contributed by atoms with van der Waals surface area (Å²) in [6, 6.07) is 19.4. The number of ether oxygens (including phenoxy) is 1. The van der Waals surface area contributed by atoms with Crippen LogP contribution in [-0.2, 0) is 6.42 Å². The highest BCUT2D eigenvalue weighted by atomic mass is 16.5. The maximum Gasteiger partial charge on any atom is 0.198 e. The molecule has 0 amide bonds. The quantitative estimate of drug-likeness (QED) is 0.722. The van der Waals surface area contributed by atoms with Crippen LogP contribution in [0.2, 0.25) is 0 Å². The molecule has 0 spiro atoms. The van der Waals surface area contributed by atoms with Crippen molar-refractivity contribution in [3.8, 4) is 23.2 Å². The minimum absolute atomic E-state index is 0.00388. The lowest BCUT2D eigenvalue weighted by atomic mass is 10.1. The smallest absolute Gasteiger partial charge is 0.198 e. The molecule has 2 aromatic carbocycles. The number of benzene rings is 2. The third-order valence-electron chi connectivity index (χ3n) is 5.93. The molecule has 144 valence electrons. The van der Waals surface area contributed by atoms with Crippen molar-refractivity contribution in [2.75, 3.05) is 13.1 Å². The monoisotopic (exact) mass is 376 g/mol. The van der Waals surface area contributed by atoms with Crippen molar-refractivity contribution in [3.63, 3.8) is 0 Å². The highest BCUT2D eigenvalue weighted by Crippen LogP contribution is 2.39. The first-order chi connectivity index (χ1) is 13.7. The number of aromatic hydroxyl groups is 2. The van der Waals surface area contributed by atoms with Gasteiger partial charge in [-0.2, -0.15) is 0 Å². The largest absolute Gasteiger partial charge is 0.494 e. The molecule has 0 radical (unpaired) electrons. The van der Waals surface area contributed by atoms with E-state index >= 15 is 0 Å². The highest BCUT2D eigenvalue weighted by Gasteiger charge is 2.38. The van der Waals surface area contributed by atoms with Crippen LogP contribution >= 0.6 is 0 Å². The Kier molecular flexibility index (Phi) is 4.24. The van der Waals surface area contributed by atoms with E-state index in [1.165, 1.54) is 40.7 Å². The van der Waals surface area contributed by atoms with Crippen LogP contribution in [0, 0.1) is 0 Å². The van der Waals surface area contributed by atoms with Gasteiger partial charge < -0.3 is 14.9 Å². The highest BCUT2D eigenvalue weighted by molar-refractivity contribution is 5.46. The molecular weight excluding hydrogens is 352 g/mol. The van der Waals surface area contributed by atoms with E-state index in [1.54, 1.807) is 0 Å². The van der Waals surface area contributed by atoms with Gasteiger partial charge in [-0.15, -0.1) is 0 Å². The molecule has 1 saturated heterocycles. The fourth-order valence-electron chi connectivity index (χ4n) is 4.60. The molecule has 3 aromatic rings. The van der Waals surface area contributed by atoms with Gasteiger partial charge in [0.2, 0.25) is 0 Å². The van der Waals surface area contributed by atoms with E-state index in [1.807, 2.05) is 24.3 Å². The molecule has 1 fully saturated rings. The molecule has 2 atom stereocenters. The summed E-state index contributed by atoms with van der Waals surface area (Å²) in [7, 11) is 0. The van der Waals surface area contributed by atoms with Crippen LogP contribution in [0.15, 0.2) is 60.7 Å². The van der Waals surface area contributed by atoms with Gasteiger partial charge in [-0.25, -0.2) is 0 Å². The summed E-state index contributed by atoms with van der Waals surface area (Å²) < 4.78 is 7.92. The lowest BCUT2D eigenvalue weighted by Crippen LogP contribution is -2.38. The third-order valence-corrected chi connectivity index (χ3v) is 5.93. The van der Waals surface area contributed by atoms with Crippen LogP contribution in [0.25, 0.3) is 5.69 Å². The number of nitrogens with zero attached hydrogens (tertiary/aromatic N) is 2. The summed E-state index contributed by atoms with van der Waals surface area (Å²) in [6.45, 7) is 2.26. The zero-order valence-corrected chi connectivity index (χ0v) is 15.7. The number of aromatic nitrogens is 1. The summed E-state index contributed by atoms with van der Waals surface area (Å²) >= 11 is 0. The Bertz CT molecular complexity index is 972. The maximum atomic E-state index is 10.0. The number of hydrogen-bond acceptors (Lipinski definition) is 4. The van der Waals surface area contributed by atoms with Crippen molar-refractivity contribution >= 4 is 0 Å². The zero-order valence-electron chi connectivity index (χ0n) is 15.7. The van der Waals surface area contributed by atoms with E-state index in [0.29, 0.717) is 11.7 Å². The van der Waals surface area contributed by atoms with E-state index in [2.05, 4.69) is 29.2 Å². The van der Waals surface area contributed by atoms with Crippen molar-refractivity contribution in [3.05, 3.63) is 71.8 Å². The van der Waals surface area contributed by atoms with Crippen molar-refractivity contribution in [2.45, 2.75) is 31.4 Å². The molecule has 1 aliphatic carbocycles. The minimum Gasteiger partial charge on any atom is -0.494 e. The molecule has 2 N–H and O–H groups in total. The molecule has 1 aromatic heterocycles. The molecular formula is C23H24N2O3. The molecule has 0 bridgehead atoms. The molecule has 28 heavy (non-hydrogen) atoms. The van der Waals surface area contributed by atoms with Crippen LogP contribution in [0.3, 0.4) is 0 Å². The van der Waals surface area contributed by atoms with Crippen LogP contribution in [-0.4, -0.2) is 38.8 Å². The van der Waals surface area contributed by atoms with Crippen LogP contribution in [0.4, 0.5) is 0 Å². The second-order valence-electron chi connectivity index (χ2n) is 7.63. The first-order valence-corrected chi connectivity index (χ1v) is 9.89. The molecule has 0 unspecified atom stereocenters. The van der Waals surface area contributed by atoms with Gasteiger partial charge in [0.25, 0.3) is 0 Å². The van der Waals surface area contributed by atoms with Crippen molar-refractivity contribution in [1.29, 1.82) is 0 Å². The Balaban J connectivity index is 1.48. The second kappa shape index (κ2) is 6.91. The molecule has 5 heteroatoms. The van der Waals surface area contributed by atoms with Gasteiger partial charge in [0.15, 0.2) is 11.8 Å². The van der Waals surface area contributed by atoms with Crippen LogP contribution < -0.4 is 4.74 Å². The molecule has 0 saturated carbocycles. The maximum absolute atomic E-state index is 10.0. The van der Waals surface area contributed by atoms with Crippen molar-refractivity contribution < 1.29 is 14.9 Å². The fourth-order valence-corrected chi connectivity index (χ4v) is 4.60. The Labute approximate surface area is 164 Å². The molecule has 1 aliphatic heterocycles. The summed E-state index contributed by atoms with van der Waals surface area (Å²) in [5, 5.41) is 20.1. The first-order valence-electron chi connectivity index (χ1n) is 9.89. The van der Waals surface area contributed by atoms with E-state index in [-0.39, 0.29) is 17.9 Å². The van der Waals surface area contributed by atoms with Gasteiger partial charge >= 0.3 is 0 Å². The number of fused-ring (bicyclic) bond motifs is 1. The average molecular weight is 376 g/mol. The average Bonchev–Trinajstić information content (AvgIpc) is 3.42. The zero-order chi connectivity index (χ0) is 19.1. The molecule has 2 aliphatic rings. The first kappa shape index (κ1) is 17.2. The van der Waals surface area contributed by atoms with Crippen LogP contribution in [0.5, 0.6) is 17.5 Å². The van der Waals surface area contributed by atoms with Gasteiger partial charge in [0.05, 0.1) is 11.7 Å². The normalized spacial score (nSPS) is 21.7. The van der Waals surface area contributed by atoms with Crippen molar-refractivity contribution in [1.82, 2.24) is 9.47 Å². The molecule has 5 nitrogen and oxygen atoms in total. The van der Waals surface area contributed by atoms with Gasteiger partial charge in [-0.1, -0.05) is 30.3 Å². The minimum atomic E-state index is -0.0172. The van der Waals surface area contributed by atoms with Gasteiger partial charge in [0, 0.05) is 18.2 Å². The Morgan fingerprint density at radius 2 is 1.61 bits per heavy atom. The van der Waals surface area contributed by atoms with Crippen LogP contribution in [0.1, 0.15) is 30.1 Å². The van der Waals surface area contributed by atoms with Gasteiger partial charge in [-0.3, -0.25) is 9.47 Å². The fraction of sp³-hybridized carbons (Fsp3) is 0.304. The molecule has 2 heterocycles. The second-order valence-corrected chi connectivity index (χ2v) is 7.63. The Morgan fingerprint density at radius 1 is 0.857 bits per heavy atom. The predicted octanol–water partition coefficient (Wildman–Crippen LogP) is 4.03. The van der Waals surface area contributed by atoms with E-state index in [9.17, 15) is 10.2 Å². The molecule has 5 rings (SSSR count). The lowest BCUT2D eigenvalue weighted by molar-refractivity contribution is 0.0941. The number of hydrogen-bond donors (Lipinski definition) is 2. The van der Waals surface area contributed by atoms with E-state index < -0.39 is 0 Å². The van der Waals surface area contributed by atoms with E-state index in [0.717, 1.165) is 25.3 Å². The standard InChI is InChI=1S/C23H24N2O3/c26-21-10-11-22(27)25(21)17-7-5-8-18(15-17)28-23-19-9-2-1-6-16(19)14-20(23)24-12-3-4-13-24/h1-2,5-11,15,20,23,26-27H,3-4,12-14H2/t20-,23-/m0/s1. The van der Waals surface area contributed by atoms with Gasteiger partial charge in [-0.05, 0) is 55.6 Å². The third kappa shape index (κ3) is 2.92. The van der Waals surface area contributed by atoms with Gasteiger partial charge in [0.1, 0.15) is 11.9 Å². The number of rotatable bonds is 4. The summed E-state index contributed by atoms with van der Waals surface area (Å²) in [4.78, 5) is 2.55. The lowest BCUT2D eigenvalue weighted by Gasteiger charge is -2.30. The van der Waals surface area contributed by atoms with E-state index in [4.69, 9.17) is 4.74 Å². The van der Waals surface area contributed by atoms with Crippen molar-refractivity contribution in [2.24, 2.45) is 0 Å². The summed E-state index contributed by atoms with van der Waals surface area (Å²) in [5.74, 6) is 0.725. The predicted molar refractivity (Wildman–Crippen MR) is 107 cm³/mol. The topological polar surface area (TPSA) is 57.9 Å². The SMILES string of the molecule is Oc1ccc(O)n1-c1cccc(O[C@H]2c3ccccc3C[C@@H]2N2CCCC2)c1. The Morgan fingerprint density at radius 3 is 2.39 bits per heavy atom. The Hall–Kier alpha value is -2.92. The number of likely N-dealkylation sites (tertiary alicyclic amines) is 1. The summed E-state index contributed by atoms with van der Waals surface area (Å²) in [5.41, 5.74) is 3.29.